The predicted octanol–water partition coefficient (Wildman–Crippen LogP) is -0.653. The number of amides is 2. The van der Waals surface area contributed by atoms with Gasteiger partial charge in [-0.05, 0) is 6.07 Å². The second-order valence-corrected chi connectivity index (χ2v) is 4.26. The van der Waals surface area contributed by atoms with Crippen molar-refractivity contribution < 1.29 is 9.59 Å². The molecule has 2 heterocycles. The Bertz CT molecular complexity index is 536. The molecule has 2 amide bonds. The molecule has 18 heavy (non-hydrogen) atoms. The van der Waals surface area contributed by atoms with Crippen LogP contribution in [0.15, 0.2) is 23.1 Å². The summed E-state index contributed by atoms with van der Waals surface area (Å²) in [6.45, 7) is 1.31. The van der Waals surface area contributed by atoms with E-state index in [-0.39, 0.29) is 17.4 Å². The summed E-state index contributed by atoms with van der Waals surface area (Å²) >= 11 is 0. The minimum Gasteiger partial charge on any atom is -0.354 e. The Labute approximate surface area is 104 Å². The van der Waals surface area contributed by atoms with E-state index in [9.17, 15) is 14.4 Å². The van der Waals surface area contributed by atoms with Crippen LogP contribution in [0.25, 0.3) is 0 Å². The lowest BCUT2D eigenvalue weighted by Crippen LogP contribution is -2.35. The molecular weight excluding hydrogens is 234 g/mol. The molecule has 6 heteroatoms. The lowest BCUT2D eigenvalue weighted by Gasteiger charge is -2.19. The van der Waals surface area contributed by atoms with Gasteiger partial charge in [0, 0.05) is 50.9 Å². The van der Waals surface area contributed by atoms with Crippen molar-refractivity contribution in [3.63, 3.8) is 0 Å². The van der Waals surface area contributed by atoms with Crippen LogP contribution in [0.1, 0.15) is 16.8 Å². The second-order valence-electron chi connectivity index (χ2n) is 4.26. The maximum absolute atomic E-state index is 12.2. The molecule has 0 radical (unpaired) electrons. The third kappa shape index (κ3) is 2.58. The quantitative estimate of drug-likeness (QED) is 0.718. The first-order valence-electron chi connectivity index (χ1n) is 5.80. The molecule has 0 aromatic carbocycles. The Balaban J connectivity index is 2.17. The van der Waals surface area contributed by atoms with Gasteiger partial charge in [-0.15, -0.1) is 0 Å². The summed E-state index contributed by atoms with van der Waals surface area (Å²) in [5.41, 5.74) is 0.150. The highest BCUT2D eigenvalue weighted by Gasteiger charge is 2.19. The first kappa shape index (κ1) is 12.3. The predicted molar refractivity (Wildman–Crippen MR) is 65.2 cm³/mol. The van der Waals surface area contributed by atoms with Crippen LogP contribution in [0, 0.1) is 0 Å². The number of carbonyl (C=O) groups is 2. The fraction of sp³-hybridized carbons (Fsp3) is 0.417. The van der Waals surface area contributed by atoms with Crippen molar-refractivity contribution in [1.29, 1.82) is 0 Å². The second kappa shape index (κ2) is 5.03. The Hall–Kier alpha value is -2.11. The summed E-state index contributed by atoms with van der Waals surface area (Å²) in [7, 11) is 1.63. The molecule has 1 aromatic rings. The van der Waals surface area contributed by atoms with Gasteiger partial charge >= 0.3 is 0 Å². The van der Waals surface area contributed by atoms with Gasteiger partial charge in [0.15, 0.2) is 0 Å². The average Bonchev–Trinajstić information content (AvgIpc) is 2.57. The lowest BCUT2D eigenvalue weighted by atomic mass is 10.2. The Morgan fingerprint density at radius 2 is 2.11 bits per heavy atom. The van der Waals surface area contributed by atoms with E-state index in [1.165, 1.54) is 10.6 Å². The topological polar surface area (TPSA) is 71.4 Å². The zero-order chi connectivity index (χ0) is 13.1. The van der Waals surface area contributed by atoms with E-state index < -0.39 is 0 Å². The van der Waals surface area contributed by atoms with Crippen LogP contribution in [0.3, 0.4) is 0 Å². The molecule has 0 bridgehead atoms. The van der Waals surface area contributed by atoms with Gasteiger partial charge in [-0.1, -0.05) is 0 Å². The van der Waals surface area contributed by atoms with E-state index in [1.807, 2.05) is 0 Å². The monoisotopic (exact) mass is 249 g/mol. The number of pyridine rings is 1. The standard InChI is InChI=1S/C12H15N3O3/c1-14-5-2-9(8-11(14)17)12(18)15-6-3-10(16)13-4-7-15/h2,5,8H,3-4,6-7H2,1H3,(H,13,16). The number of aromatic nitrogens is 1. The van der Waals surface area contributed by atoms with E-state index in [1.54, 1.807) is 24.2 Å². The van der Waals surface area contributed by atoms with Crippen LogP contribution in [0.4, 0.5) is 0 Å². The highest BCUT2D eigenvalue weighted by atomic mass is 16.2. The van der Waals surface area contributed by atoms with Gasteiger partial charge in [-0.25, -0.2) is 0 Å². The minimum atomic E-state index is -0.218. The van der Waals surface area contributed by atoms with Crippen LogP contribution in [-0.4, -0.2) is 40.9 Å². The summed E-state index contributed by atoms with van der Waals surface area (Å²) in [4.78, 5) is 36.4. The van der Waals surface area contributed by atoms with Gasteiger partial charge in [-0.2, -0.15) is 0 Å². The van der Waals surface area contributed by atoms with Crippen molar-refractivity contribution in [2.24, 2.45) is 7.05 Å². The molecular formula is C12H15N3O3. The number of nitrogens with one attached hydrogen (secondary N) is 1. The molecule has 0 unspecified atom stereocenters. The molecule has 1 fully saturated rings. The Morgan fingerprint density at radius 1 is 1.33 bits per heavy atom. The van der Waals surface area contributed by atoms with E-state index in [4.69, 9.17) is 0 Å². The number of nitrogens with zero attached hydrogens (tertiary/aromatic N) is 2. The maximum Gasteiger partial charge on any atom is 0.254 e. The van der Waals surface area contributed by atoms with Crippen molar-refractivity contribution in [3.8, 4) is 0 Å². The highest BCUT2D eigenvalue weighted by Crippen LogP contribution is 2.04. The fourth-order valence-electron chi connectivity index (χ4n) is 1.83. The number of hydrogen-bond donors (Lipinski definition) is 1. The lowest BCUT2D eigenvalue weighted by molar-refractivity contribution is -0.120. The van der Waals surface area contributed by atoms with Crippen LogP contribution >= 0.6 is 0 Å². The number of aryl methyl sites for hydroxylation is 1. The van der Waals surface area contributed by atoms with Crippen LogP contribution in [0.5, 0.6) is 0 Å². The molecule has 0 aliphatic carbocycles. The van der Waals surface area contributed by atoms with Crippen LogP contribution < -0.4 is 10.9 Å². The molecule has 0 atom stereocenters. The number of hydrogen-bond acceptors (Lipinski definition) is 3. The Morgan fingerprint density at radius 3 is 2.83 bits per heavy atom. The fourth-order valence-corrected chi connectivity index (χ4v) is 1.83. The summed E-state index contributed by atoms with van der Waals surface area (Å²) in [6, 6.07) is 2.94. The molecule has 1 saturated heterocycles. The number of carbonyl (C=O) groups excluding carboxylic acids is 2. The van der Waals surface area contributed by atoms with Crippen molar-refractivity contribution in [2.75, 3.05) is 19.6 Å². The summed E-state index contributed by atoms with van der Waals surface area (Å²) in [5, 5.41) is 2.70. The van der Waals surface area contributed by atoms with Crippen molar-refractivity contribution >= 4 is 11.8 Å². The molecule has 2 rings (SSSR count). The first-order valence-corrected chi connectivity index (χ1v) is 5.80. The van der Waals surface area contributed by atoms with E-state index in [0.29, 0.717) is 31.6 Å². The van der Waals surface area contributed by atoms with Gasteiger partial charge < -0.3 is 14.8 Å². The van der Waals surface area contributed by atoms with Gasteiger partial charge in [0.1, 0.15) is 0 Å². The maximum atomic E-state index is 12.2. The van der Waals surface area contributed by atoms with Crippen molar-refractivity contribution in [2.45, 2.75) is 6.42 Å². The first-order chi connectivity index (χ1) is 8.58. The Kier molecular flexibility index (Phi) is 3.45. The van der Waals surface area contributed by atoms with E-state index >= 15 is 0 Å². The number of rotatable bonds is 1. The zero-order valence-corrected chi connectivity index (χ0v) is 10.2. The average molecular weight is 249 g/mol. The largest absolute Gasteiger partial charge is 0.354 e. The summed E-state index contributed by atoms with van der Waals surface area (Å²) in [5.74, 6) is -0.251. The molecule has 1 aliphatic rings. The molecule has 0 saturated carbocycles. The van der Waals surface area contributed by atoms with Gasteiger partial charge in [0.05, 0.1) is 0 Å². The molecule has 1 aromatic heterocycles. The third-order valence-electron chi connectivity index (χ3n) is 2.95. The van der Waals surface area contributed by atoms with E-state index in [0.717, 1.165) is 0 Å². The molecule has 96 valence electrons. The normalized spacial score (nSPS) is 16.1. The highest BCUT2D eigenvalue weighted by molar-refractivity contribution is 5.94. The summed E-state index contributed by atoms with van der Waals surface area (Å²) < 4.78 is 1.41. The van der Waals surface area contributed by atoms with Gasteiger partial charge in [-0.3, -0.25) is 14.4 Å². The van der Waals surface area contributed by atoms with Crippen molar-refractivity contribution in [1.82, 2.24) is 14.8 Å². The third-order valence-corrected chi connectivity index (χ3v) is 2.95. The van der Waals surface area contributed by atoms with Gasteiger partial charge in [0.2, 0.25) is 5.91 Å². The minimum absolute atomic E-state index is 0.0470. The molecule has 1 aliphatic heterocycles. The van der Waals surface area contributed by atoms with Gasteiger partial charge in [0.25, 0.3) is 11.5 Å². The summed E-state index contributed by atoms with van der Waals surface area (Å²) in [6.07, 6.45) is 1.87. The molecule has 6 nitrogen and oxygen atoms in total. The van der Waals surface area contributed by atoms with Crippen LogP contribution in [0.2, 0.25) is 0 Å². The van der Waals surface area contributed by atoms with Crippen LogP contribution in [-0.2, 0) is 11.8 Å². The van der Waals surface area contributed by atoms with Crippen molar-refractivity contribution in [3.05, 3.63) is 34.2 Å². The molecule has 1 N–H and O–H groups in total. The zero-order valence-electron chi connectivity index (χ0n) is 10.2. The molecule has 0 spiro atoms. The smallest absolute Gasteiger partial charge is 0.254 e. The SMILES string of the molecule is Cn1ccc(C(=O)N2CCNC(=O)CC2)cc1=O. The van der Waals surface area contributed by atoms with E-state index in [2.05, 4.69) is 5.32 Å².